The lowest BCUT2D eigenvalue weighted by atomic mass is 10.1. The molecule has 0 radical (unpaired) electrons. The van der Waals surface area contributed by atoms with Gasteiger partial charge in [0, 0.05) is 18.0 Å². The first-order valence-electron chi connectivity index (χ1n) is 8.51. The van der Waals surface area contributed by atoms with Crippen LogP contribution in [0.4, 0.5) is 10.1 Å². The SMILES string of the molecule is O=C(COc1ccc(F)cc1)NNC(=O)c1ccc(Cl)cc1N1CCCC1=O. The summed E-state index contributed by atoms with van der Waals surface area (Å²) in [7, 11) is 0. The summed E-state index contributed by atoms with van der Waals surface area (Å²) in [4.78, 5) is 37.8. The predicted molar refractivity (Wildman–Crippen MR) is 101 cm³/mol. The van der Waals surface area contributed by atoms with E-state index >= 15 is 0 Å². The van der Waals surface area contributed by atoms with Gasteiger partial charge in [0.2, 0.25) is 5.91 Å². The zero-order chi connectivity index (χ0) is 20.1. The van der Waals surface area contributed by atoms with Gasteiger partial charge in [0.1, 0.15) is 11.6 Å². The number of hydrogen-bond acceptors (Lipinski definition) is 4. The summed E-state index contributed by atoms with van der Waals surface area (Å²) in [5.74, 6) is -1.39. The van der Waals surface area contributed by atoms with Gasteiger partial charge in [-0.1, -0.05) is 11.6 Å². The molecule has 146 valence electrons. The van der Waals surface area contributed by atoms with E-state index in [1.807, 2.05) is 0 Å². The minimum Gasteiger partial charge on any atom is -0.484 e. The number of carbonyl (C=O) groups is 3. The van der Waals surface area contributed by atoms with Crippen molar-refractivity contribution in [3.63, 3.8) is 0 Å². The highest BCUT2D eigenvalue weighted by Gasteiger charge is 2.26. The van der Waals surface area contributed by atoms with Gasteiger partial charge < -0.3 is 9.64 Å². The van der Waals surface area contributed by atoms with Crippen LogP contribution < -0.4 is 20.5 Å². The number of hydrogen-bond donors (Lipinski definition) is 2. The van der Waals surface area contributed by atoms with Crippen molar-refractivity contribution < 1.29 is 23.5 Å². The molecule has 1 saturated heterocycles. The minimum absolute atomic E-state index is 0.0898. The summed E-state index contributed by atoms with van der Waals surface area (Å²) in [6.45, 7) is 0.126. The molecule has 3 amide bonds. The number of nitrogens with one attached hydrogen (secondary N) is 2. The highest BCUT2D eigenvalue weighted by atomic mass is 35.5. The van der Waals surface area contributed by atoms with Crippen LogP contribution in [0.25, 0.3) is 0 Å². The first-order valence-corrected chi connectivity index (χ1v) is 8.89. The first kappa shape index (κ1) is 19.6. The fraction of sp³-hybridized carbons (Fsp3) is 0.211. The lowest BCUT2D eigenvalue weighted by Crippen LogP contribution is -2.44. The molecule has 0 unspecified atom stereocenters. The van der Waals surface area contributed by atoms with Crippen molar-refractivity contribution in [3.8, 4) is 5.75 Å². The second-order valence-corrected chi connectivity index (χ2v) is 6.49. The maximum atomic E-state index is 12.8. The molecule has 0 aromatic heterocycles. The van der Waals surface area contributed by atoms with Crippen LogP contribution in [-0.4, -0.2) is 30.9 Å². The van der Waals surface area contributed by atoms with Gasteiger partial charge in [-0.25, -0.2) is 4.39 Å². The monoisotopic (exact) mass is 405 g/mol. The molecule has 0 aliphatic carbocycles. The van der Waals surface area contributed by atoms with E-state index in [1.165, 1.54) is 41.3 Å². The number of amides is 3. The van der Waals surface area contributed by atoms with Gasteiger partial charge in [0.05, 0.1) is 11.3 Å². The van der Waals surface area contributed by atoms with Gasteiger partial charge in [-0.05, 0) is 48.9 Å². The van der Waals surface area contributed by atoms with Crippen molar-refractivity contribution in [1.82, 2.24) is 10.9 Å². The quantitative estimate of drug-likeness (QED) is 0.748. The Balaban J connectivity index is 1.59. The Morgan fingerprint density at radius 2 is 1.89 bits per heavy atom. The number of hydrazine groups is 1. The van der Waals surface area contributed by atoms with Crippen molar-refractivity contribution in [2.45, 2.75) is 12.8 Å². The molecule has 2 aromatic carbocycles. The number of carbonyl (C=O) groups excluding carboxylic acids is 3. The van der Waals surface area contributed by atoms with Crippen LogP contribution >= 0.6 is 11.6 Å². The van der Waals surface area contributed by atoms with E-state index in [1.54, 1.807) is 6.07 Å². The van der Waals surface area contributed by atoms with E-state index in [-0.39, 0.29) is 18.1 Å². The lowest BCUT2D eigenvalue weighted by molar-refractivity contribution is -0.123. The third-order valence-electron chi connectivity index (χ3n) is 4.07. The van der Waals surface area contributed by atoms with Crippen LogP contribution in [0.2, 0.25) is 5.02 Å². The fourth-order valence-electron chi connectivity index (χ4n) is 2.73. The second kappa shape index (κ2) is 8.71. The summed E-state index contributed by atoms with van der Waals surface area (Å²) < 4.78 is 18.0. The molecule has 2 N–H and O–H groups in total. The molecule has 1 aliphatic heterocycles. The van der Waals surface area contributed by atoms with E-state index in [0.717, 1.165) is 0 Å². The van der Waals surface area contributed by atoms with Crippen LogP contribution in [0, 0.1) is 5.82 Å². The lowest BCUT2D eigenvalue weighted by Gasteiger charge is -2.20. The van der Waals surface area contributed by atoms with Gasteiger partial charge in [0.25, 0.3) is 11.8 Å². The molecule has 0 atom stereocenters. The van der Waals surface area contributed by atoms with Gasteiger partial charge in [0.15, 0.2) is 6.61 Å². The van der Waals surface area contributed by atoms with E-state index in [0.29, 0.717) is 35.8 Å². The number of benzene rings is 2. The molecule has 1 aliphatic rings. The van der Waals surface area contributed by atoms with Gasteiger partial charge in [-0.2, -0.15) is 0 Å². The molecule has 0 saturated carbocycles. The summed E-state index contributed by atoms with van der Waals surface area (Å²) in [6.07, 6.45) is 1.11. The Kier molecular flexibility index (Phi) is 6.10. The summed E-state index contributed by atoms with van der Waals surface area (Å²) in [5, 5.41) is 0.392. The predicted octanol–water partition coefficient (Wildman–Crippen LogP) is 2.45. The van der Waals surface area contributed by atoms with Crippen LogP contribution in [-0.2, 0) is 9.59 Å². The molecule has 2 aromatic rings. The highest BCUT2D eigenvalue weighted by Crippen LogP contribution is 2.28. The minimum atomic E-state index is -0.606. The third-order valence-corrected chi connectivity index (χ3v) is 4.30. The van der Waals surface area contributed by atoms with Crippen molar-refractivity contribution in [2.75, 3.05) is 18.1 Å². The Morgan fingerprint density at radius 3 is 2.57 bits per heavy atom. The van der Waals surface area contributed by atoms with Gasteiger partial charge in [-0.15, -0.1) is 0 Å². The Morgan fingerprint density at radius 1 is 1.14 bits per heavy atom. The normalized spacial score (nSPS) is 13.4. The van der Waals surface area contributed by atoms with Crippen molar-refractivity contribution >= 4 is 35.0 Å². The van der Waals surface area contributed by atoms with Crippen LogP contribution in [0.1, 0.15) is 23.2 Å². The molecule has 1 heterocycles. The zero-order valence-corrected chi connectivity index (χ0v) is 15.5. The van der Waals surface area contributed by atoms with E-state index in [9.17, 15) is 18.8 Å². The van der Waals surface area contributed by atoms with Crippen molar-refractivity contribution in [2.24, 2.45) is 0 Å². The van der Waals surface area contributed by atoms with Gasteiger partial charge in [-0.3, -0.25) is 25.2 Å². The van der Waals surface area contributed by atoms with Crippen molar-refractivity contribution in [1.29, 1.82) is 0 Å². The fourth-order valence-corrected chi connectivity index (χ4v) is 2.90. The average molecular weight is 406 g/mol. The second-order valence-electron chi connectivity index (χ2n) is 6.06. The first-order chi connectivity index (χ1) is 13.4. The molecule has 3 rings (SSSR count). The molecule has 28 heavy (non-hydrogen) atoms. The number of anilines is 1. The van der Waals surface area contributed by atoms with Gasteiger partial charge >= 0.3 is 0 Å². The van der Waals surface area contributed by atoms with Crippen LogP contribution in [0.3, 0.4) is 0 Å². The maximum absolute atomic E-state index is 12.8. The summed E-state index contributed by atoms with van der Waals surface area (Å²) in [5.41, 5.74) is 5.12. The van der Waals surface area contributed by atoms with E-state index < -0.39 is 17.6 Å². The molecular formula is C19H17ClFN3O4. The standard InChI is InChI=1S/C19H17ClFN3O4/c20-12-3-8-15(16(10-12)24-9-1-2-18(24)26)19(27)23-22-17(25)11-28-14-6-4-13(21)5-7-14/h3-8,10H,1-2,9,11H2,(H,22,25)(H,23,27). The largest absolute Gasteiger partial charge is 0.484 e. The number of ether oxygens (including phenoxy) is 1. The number of halogens is 2. The summed E-state index contributed by atoms with van der Waals surface area (Å²) in [6, 6.07) is 9.73. The third kappa shape index (κ3) is 4.77. The summed E-state index contributed by atoms with van der Waals surface area (Å²) >= 11 is 6.00. The Labute approximate surface area is 165 Å². The maximum Gasteiger partial charge on any atom is 0.276 e. The molecule has 9 heteroatoms. The molecular weight excluding hydrogens is 389 g/mol. The topological polar surface area (TPSA) is 87.7 Å². The Bertz CT molecular complexity index is 905. The number of nitrogens with zero attached hydrogens (tertiary/aromatic N) is 1. The van der Waals surface area contributed by atoms with Crippen LogP contribution in [0.5, 0.6) is 5.75 Å². The van der Waals surface area contributed by atoms with Crippen LogP contribution in [0.15, 0.2) is 42.5 Å². The van der Waals surface area contributed by atoms with E-state index in [4.69, 9.17) is 16.3 Å². The van der Waals surface area contributed by atoms with E-state index in [2.05, 4.69) is 10.9 Å². The molecule has 0 spiro atoms. The molecule has 0 bridgehead atoms. The zero-order valence-electron chi connectivity index (χ0n) is 14.7. The van der Waals surface area contributed by atoms with Crippen molar-refractivity contribution in [3.05, 3.63) is 58.9 Å². The molecule has 7 nitrogen and oxygen atoms in total. The average Bonchev–Trinajstić information content (AvgIpc) is 3.11. The highest BCUT2D eigenvalue weighted by molar-refractivity contribution is 6.31. The smallest absolute Gasteiger partial charge is 0.276 e. The molecule has 1 fully saturated rings. The number of rotatable bonds is 5. The Hall–Kier alpha value is -3.13.